The molecule has 0 amide bonds. The second-order valence-electron chi connectivity index (χ2n) is 4.49. The highest BCUT2D eigenvalue weighted by Gasteiger charge is 2.08. The maximum Gasteiger partial charge on any atom is 0.163 e. The number of Topliss-reactive ketones (excluding diaryl/α,β-unsaturated/α-hetero) is 1. The highest BCUT2D eigenvalue weighted by Crippen LogP contribution is 2.12. The van der Waals surface area contributed by atoms with Crippen LogP contribution in [0.1, 0.15) is 48.4 Å². The summed E-state index contributed by atoms with van der Waals surface area (Å²) in [5, 5.41) is 0. The summed E-state index contributed by atoms with van der Waals surface area (Å²) >= 11 is 0. The van der Waals surface area contributed by atoms with Gasteiger partial charge in [-0.1, -0.05) is 13.8 Å². The van der Waals surface area contributed by atoms with Crippen molar-refractivity contribution in [3.05, 3.63) is 29.1 Å². The van der Waals surface area contributed by atoms with Crippen LogP contribution in [0.2, 0.25) is 0 Å². The molecule has 0 unspecified atom stereocenters. The third kappa shape index (κ3) is 3.82. The average Bonchev–Trinajstić information content (AvgIpc) is 2.12. The van der Waals surface area contributed by atoms with Crippen LogP contribution in [0.3, 0.4) is 0 Å². The van der Waals surface area contributed by atoms with Crippen molar-refractivity contribution in [1.29, 1.82) is 0 Å². The maximum absolute atomic E-state index is 11.8. The van der Waals surface area contributed by atoms with E-state index in [0.717, 1.165) is 23.4 Å². The molecule has 0 saturated heterocycles. The summed E-state index contributed by atoms with van der Waals surface area (Å²) in [5.41, 5.74) is 2.64. The van der Waals surface area contributed by atoms with Gasteiger partial charge in [0.1, 0.15) is 0 Å². The average molecular weight is 205 g/mol. The number of carbonyl (C=O) groups is 1. The van der Waals surface area contributed by atoms with Crippen molar-refractivity contribution in [2.24, 2.45) is 5.92 Å². The molecule has 0 spiro atoms. The van der Waals surface area contributed by atoms with Crippen molar-refractivity contribution in [3.63, 3.8) is 0 Å². The van der Waals surface area contributed by atoms with Crippen molar-refractivity contribution in [3.8, 4) is 0 Å². The summed E-state index contributed by atoms with van der Waals surface area (Å²) in [7, 11) is 0. The summed E-state index contributed by atoms with van der Waals surface area (Å²) in [6, 6.07) is 3.74. The fourth-order valence-electron chi connectivity index (χ4n) is 1.56. The van der Waals surface area contributed by atoms with E-state index >= 15 is 0 Å². The Balaban J connectivity index is 2.73. The number of aryl methyl sites for hydroxylation is 2. The molecule has 0 fully saturated rings. The highest BCUT2D eigenvalue weighted by molar-refractivity contribution is 5.96. The Labute approximate surface area is 91.7 Å². The zero-order chi connectivity index (χ0) is 11.4. The molecule has 2 heteroatoms. The minimum absolute atomic E-state index is 0.234. The Morgan fingerprint density at radius 3 is 2.27 bits per heavy atom. The number of hydrogen-bond donors (Lipinski definition) is 0. The molecular formula is C13H19NO. The van der Waals surface area contributed by atoms with E-state index in [0.29, 0.717) is 12.3 Å². The van der Waals surface area contributed by atoms with Crippen molar-refractivity contribution in [2.75, 3.05) is 0 Å². The van der Waals surface area contributed by atoms with Crippen molar-refractivity contribution in [1.82, 2.24) is 4.98 Å². The topological polar surface area (TPSA) is 30.0 Å². The fraction of sp³-hybridized carbons (Fsp3) is 0.538. The van der Waals surface area contributed by atoms with Gasteiger partial charge in [0, 0.05) is 23.4 Å². The molecular weight excluding hydrogens is 186 g/mol. The van der Waals surface area contributed by atoms with E-state index in [4.69, 9.17) is 0 Å². The minimum Gasteiger partial charge on any atom is -0.294 e. The van der Waals surface area contributed by atoms with Gasteiger partial charge in [0.15, 0.2) is 5.78 Å². The lowest BCUT2D eigenvalue weighted by atomic mass is 10.0. The van der Waals surface area contributed by atoms with Gasteiger partial charge < -0.3 is 0 Å². The second-order valence-corrected chi connectivity index (χ2v) is 4.49. The van der Waals surface area contributed by atoms with Crippen LogP contribution < -0.4 is 0 Å². The minimum atomic E-state index is 0.234. The van der Waals surface area contributed by atoms with Crippen LogP contribution in [-0.4, -0.2) is 10.8 Å². The molecule has 0 radical (unpaired) electrons. The predicted molar refractivity (Wildman–Crippen MR) is 62.1 cm³/mol. The van der Waals surface area contributed by atoms with Gasteiger partial charge in [0.05, 0.1) is 0 Å². The number of ketones is 1. The molecule has 0 bridgehead atoms. The molecule has 2 nitrogen and oxygen atoms in total. The van der Waals surface area contributed by atoms with Gasteiger partial charge >= 0.3 is 0 Å². The molecule has 1 heterocycles. The molecule has 0 aliphatic carbocycles. The smallest absolute Gasteiger partial charge is 0.163 e. The van der Waals surface area contributed by atoms with Gasteiger partial charge in [0.25, 0.3) is 0 Å². The Morgan fingerprint density at radius 1 is 1.27 bits per heavy atom. The molecule has 82 valence electrons. The number of hydrogen-bond acceptors (Lipinski definition) is 2. The fourth-order valence-corrected chi connectivity index (χ4v) is 1.56. The van der Waals surface area contributed by atoms with E-state index in [-0.39, 0.29) is 5.78 Å². The van der Waals surface area contributed by atoms with E-state index in [1.807, 2.05) is 26.0 Å². The third-order valence-electron chi connectivity index (χ3n) is 2.35. The van der Waals surface area contributed by atoms with Crippen LogP contribution in [-0.2, 0) is 0 Å². The van der Waals surface area contributed by atoms with Crippen LogP contribution in [0.25, 0.3) is 0 Å². The zero-order valence-corrected chi connectivity index (χ0v) is 10.0. The van der Waals surface area contributed by atoms with E-state index in [2.05, 4.69) is 18.8 Å². The zero-order valence-electron chi connectivity index (χ0n) is 10.0. The summed E-state index contributed by atoms with van der Waals surface area (Å²) in [4.78, 5) is 16.1. The van der Waals surface area contributed by atoms with Crippen molar-refractivity contribution < 1.29 is 4.79 Å². The number of pyridine rings is 1. The lowest BCUT2D eigenvalue weighted by Gasteiger charge is -2.05. The molecule has 0 aromatic carbocycles. The summed E-state index contributed by atoms with van der Waals surface area (Å²) < 4.78 is 0. The van der Waals surface area contributed by atoms with Gasteiger partial charge in [-0.2, -0.15) is 0 Å². The number of rotatable bonds is 4. The third-order valence-corrected chi connectivity index (χ3v) is 2.35. The quantitative estimate of drug-likeness (QED) is 0.706. The van der Waals surface area contributed by atoms with Gasteiger partial charge in [-0.05, 0) is 38.3 Å². The van der Waals surface area contributed by atoms with Crippen LogP contribution in [0.5, 0.6) is 0 Å². The summed E-state index contributed by atoms with van der Waals surface area (Å²) in [6.07, 6.45) is 1.60. The molecule has 0 aliphatic heterocycles. The van der Waals surface area contributed by atoms with Gasteiger partial charge in [0.2, 0.25) is 0 Å². The van der Waals surface area contributed by atoms with E-state index in [9.17, 15) is 4.79 Å². The molecule has 0 atom stereocenters. The molecule has 1 aromatic rings. The predicted octanol–water partition coefficient (Wildman–Crippen LogP) is 3.32. The first kappa shape index (κ1) is 11.9. The summed E-state index contributed by atoms with van der Waals surface area (Å²) in [6.45, 7) is 8.12. The van der Waals surface area contributed by atoms with E-state index in [1.165, 1.54) is 0 Å². The Morgan fingerprint density at radius 2 is 1.80 bits per heavy atom. The van der Waals surface area contributed by atoms with Crippen LogP contribution in [0, 0.1) is 19.8 Å². The highest BCUT2D eigenvalue weighted by atomic mass is 16.1. The Hall–Kier alpha value is -1.18. The Bertz CT molecular complexity index is 335. The van der Waals surface area contributed by atoms with Crippen LogP contribution in [0.4, 0.5) is 0 Å². The lowest BCUT2D eigenvalue weighted by Crippen LogP contribution is -2.03. The van der Waals surface area contributed by atoms with Gasteiger partial charge in [-0.25, -0.2) is 0 Å². The normalized spacial score (nSPS) is 10.7. The van der Waals surface area contributed by atoms with Crippen molar-refractivity contribution in [2.45, 2.75) is 40.5 Å². The molecule has 0 saturated carbocycles. The van der Waals surface area contributed by atoms with Gasteiger partial charge in [-0.15, -0.1) is 0 Å². The van der Waals surface area contributed by atoms with Crippen LogP contribution >= 0.6 is 0 Å². The molecule has 0 N–H and O–H groups in total. The largest absolute Gasteiger partial charge is 0.294 e. The standard InChI is InChI=1S/C13H19NO/c1-9(2)5-6-13(15)12-7-10(3)14-11(4)8-12/h7-9H,5-6H2,1-4H3. The first-order valence-corrected chi connectivity index (χ1v) is 5.47. The molecule has 1 aromatic heterocycles. The number of nitrogens with zero attached hydrogens (tertiary/aromatic N) is 1. The second kappa shape index (κ2) is 5.06. The molecule has 1 rings (SSSR count). The van der Waals surface area contributed by atoms with Crippen molar-refractivity contribution >= 4 is 5.78 Å². The summed E-state index contributed by atoms with van der Waals surface area (Å²) in [5.74, 6) is 0.815. The molecule has 0 aliphatic rings. The van der Waals surface area contributed by atoms with E-state index in [1.54, 1.807) is 0 Å². The van der Waals surface area contributed by atoms with Crippen LogP contribution in [0.15, 0.2) is 12.1 Å². The first-order valence-electron chi connectivity index (χ1n) is 5.47. The van der Waals surface area contributed by atoms with E-state index < -0.39 is 0 Å². The number of carbonyl (C=O) groups excluding carboxylic acids is 1. The maximum atomic E-state index is 11.8. The first-order chi connectivity index (χ1) is 6.99. The molecule has 15 heavy (non-hydrogen) atoms. The van der Waals surface area contributed by atoms with Gasteiger partial charge in [-0.3, -0.25) is 9.78 Å². The lowest BCUT2D eigenvalue weighted by molar-refractivity contribution is 0.0975. The monoisotopic (exact) mass is 205 g/mol. The Kier molecular flexibility index (Phi) is 4.01. The number of aromatic nitrogens is 1. The SMILES string of the molecule is Cc1cc(C(=O)CCC(C)C)cc(C)n1.